The van der Waals surface area contributed by atoms with Gasteiger partial charge in [-0.1, -0.05) is 42.5 Å². The molecule has 2 unspecified atom stereocenters. The first-order valence-electron chi connectivity index (χ1n) is 9.06. The summed E-state index contributed by atoms with van der Waals surface area (Å²) >= 11 is 0. The van der Waals surface area contributed by atoms with Crippen LogP contribution in [0, 0.1) is 0 Å². The van der Waals surface area contributed by atoms with Crippen molar-refractivity contribution in [2.24, 2.45) is 0 Å². The third-order valence-electron chi connectivity index (χ3n) is 4.79. The monoisotopic (exact) mass is 390 g/mol. The fraction of sp³-hybridized carbons (Fsp3) is 0.381. The number of nitrogens with zero attached hydrogens (tertiary/aromatic N) is 1. The number of halogens is 1. The second-order valence-electron chi connectivity index (χ2n) is 6.58. The molecule has 1 aliphatic rings. The Balaban J connectivity index is 0.00000261. The maximum Gasteiger partial charge on any atom is 0.260 e. The van der Waals surface area contributed by atoms with Crippen molar-refractivity contribution in [1.82, 2.24) is 10.2 Å². The zero-order valence-corrected chi connectivity index (χ0v) is 16.6. The zero-order valence-electron chi connectivity index (χ0n) is 15.8. The van der Waals surface area contributed by atoms with Crippen LogP contribution in [0.15, 0.2) is 54.6 Å². The number of hydrogen-bond donors (Lipinski definition) is 1. The minimum Gasteiger partial charge on any atom is -0.485 e. The van der Waals surface area contributed by atoms with Gasteiger partial charge in [0.1, 0.15) is 6.61 Å². The molecule has 2 aromatic carbocycles. The highest BCUT2D eigenvalue weighted by Crippen LogP contribution is 2.27. The summed E-state index contributed by atoms with van der Waals surface area (Å²) < 4.78 is 11.7. The Morgan fingerprint density at radius 3 is 2.37 bits per heavy atom. The lowest BCUT2D eigenvalue weighted by molar-refractivity contribution is -0.137. The number of carbonyl (C=O) groups excluding carboxylic acids is 1. The van der Waals surface area contributed by atoms with Gasteiger partial charge in [0, 0.05) is 25.2 Å². The van der Waals surface area contributed by atoms with Gasteiger partial charge in [0.2, 0.25) is 0 Å². The summed E-state index contributed by atoms with van der Waals surface area (Å²) in [4.78, 5) is 14.4. The number of amides is 1. The summed E-state index contributed by atoms with van der Waals surface area (Å²) in [5.74, 6) is 1.24. The first-order valence-corrected chi connectivity index (χ1v) is 9.06. The lowest BCUT2D eigenvalue weighted by Crippen LogP contribution is -2.58. The summed E-state index contributed by atoms with van der Waals surface area (Å²) in [5, 5.41) is 3.38. The van der Waals surface area contributed by atoms with Gasteiger partial charge in [0.25, 0.3) is 5.91 Å². The van der Waals surface area contributed by atoms with Crippen LogP contribution < -0.4 is 14.8 Å². The molecule has 2 aromatic rings. The molecule has 0 spiro atoms. The lowest BCUT2D eigenvalue weighted by atomic mass is 10.1. The van der Waals surface area contributed by atoms with Gasteiger partial charge in [0.15, 0.2) is 18.1 Å². The van der Waals surface area contributed by atoms with E-state index in [9.17, 15) is 4.79 Å². The van der Waals surface area contributed by atoms with Crippen LogP contribution in [-0.4, -0.2) is 42.6 Å². The molecule has 6 heteroatoms. The van der Waals surface area contributed by atoms with E-state index in [-0.39, 0.29) is 37.0 Å². The van der Waals surface area contributed by atoms with Crippen molar-refractivity contribution in [3.63, 3.8) is 0 Å². The van der Waals surface area contributed by atoms with Gasteiger partial charge >= 0.3 is 0 Å². The summed E-state index contributed by atoms with van der Waals surface area (Å²) in [6.07, 6.45) is 0. The van der Waals surface area contributed by atoms with Crippen LogP contribution in [0.4, 0.5) is 0 Å². The van der Waals surface area contributed by atoms with Gasteiger partial charge in [-0.25, -0.2) is 0 Å². The Kier molecular flexibility index (Phi) is 7.95. The fourth-order valence-corrected chi connectivity index (χ4v) is 3.05. The van der Waals surface area contributed by atoms with E-state index in [4.69, 9.17) is 9.47 Å². The standard InChI is InChI=1S/C21H26N2O3.ClH/c1-16-17(2)23(13-12-22-16)21(24)15-26-20-11-7-6-10-19(20)25-14-18-8-4-3-5-9-18;/h3-11,16-17,22H,12-15H2,1-2H3;1H. The van der Waals surface area contributed by atoms with E-state index in [1.807, 2.05) is 59.5 Å². The van der Waals surface area contributed by atoms with E-state index >= 15 is 0 Å². The number of carbonyl (C=O) groups is 1. The highest BCUT2D eigenvalue weighted by molar-refractivity contribution is 5.85. The third kappa shape index (κ3) is 5.62. The van der Waals surface area contributed by atoms with Gasteiger partial charge in [-0.3, -0.25) is 4.79 Å². The number of para-hydroxylation sites is 2. The molecule has 27 heavy (non-hydrogen) atoms. The molecule has 1 N–H and O–H groups in total. The average molecular weight is 391 g/mol. The van der Waals surface area contributed by atoms with E-state index in [1.165, 1.54) is 0 Å². The summed E-state index contributed by atoms with van der Waals surface area (Å²) in [6, 6.07) is 17.9. The molecule has 1 fully saturated rings. The van der Waals surface area contributed by atoms with E-state index < -0.39 is 0 Å². The molecule has 1 saturated heterocycles. The van der Waals surface area contributed by atoms with Gasteiger partial charge in [-0.05, 0) is 31.5 Å². The van der Waals surface area contributed by atoms with E-state index in [0.717, 1.165) is 12.1 Å². The highest BCUT2D eigenvalue weighted by Gasteiger charge is 2.28. The molecule has 2 atom stereocenters. The minimum atomic E-state index is 0. The zero-order chi connectivity index (χ0) is 18.4. The number of ether oxygens (including phenoxy) is 2. The molecule has 0 radical (unpaired) electrons. The van der Waals surface area contributed by atoms with E-state index in [2.05, 4.69) is 19.2 Å². The third-order valence-corrected chi connectivity index (χ3v) is 4.79. The molecule has 5 nitrogen and oxygen atoms in total. The van der Waals surface area contributed by atoms with E-state index in [1.54, 1.807) is 0 Å². The second kappa shape index (κ2) is 10.2. The Morgan fingerprint density at radius 2 is 1.67 bits per heavy atom. The van der Waals surface area contributed by atoms with Crippen molar-refractivity contribution in [2.75, 3.05) is 19.7 Å². The van der Waals surface area contributed by atoms with Crippen molar-refractivity contribution in [2.45, 2.75) is 32.5 Å². The first-order chi connectivity index (χ1) is 12.6. The van der Waals surface area contributed by atoms with Crippen molar-refractivity contribution in [3.05, 3.63) is 60.2 Å². The number of benzene rings is 2. The van der Waals surface area contributed by atoms with Crippen LogP contribution >= 0.6 is 12.4 Å². The SMILES string of the molecule is CC1NCCN(C(=O)COc2ccccc2OCc2ccccc2)C1C.Cl. The van der Waals surface area contributed by atoms with Crippen molar-refractivity contribution >= 4 is 18.3 Å². The fourth-order valence-electron chi connectivity index (χ4n) is 3.05. The first kappa shape index (κ1) is 21.1. The Labute approximate surface area is 167 Å². The minimum absolute atomic E-state index is 0. The average Bonchev–Trinajstić information content (AvgIpc) is 2.68. The maximum atomic E-state index is 12.6. The Hall–Kier alpha value is -2.24. The summed E-state index contributed by atoms with van der Waals surface area (Å²) in [5.41, 5.74) is 1.09. The molecule has 0 aromatic heterocycles. The number of hydrogen-bond acceptors (Lipinski definition) is 4. The number of piperazine rings is 1. The lowest BCUT2D eigenvalue weighted by Gasteiger charge is -2.38. The molecule has 0 saturated carbocycles. The van der Waals surface area contributed by atoms with E-state index in [0.29, 0.717) is 24.7 Å². The summed E-state index contributed by atoms with van der Waals surface area (Å²) in [7, 11) is 0. The topological polar surface area (TPSA) is 50.8 Å². The Morgan fingerprint density at radius 1 is 1.04 bits per heavy atom. The largest absolute Gasteiger partial charge is 0.485 e. The molecule has 0 aliphatic carbocycles. The van der Waals surface area contributed by atoms with Crippen molar-refractivity contribution < 1.29 is 14.3 Å². The predicted octanol–water partition coefficient (Wildman–Crippen LogP) is 3.28. The van der Waals surface area contributed by atoms with Crippen molar-refractivity contribution in [3.8, 4) is 11.5 Å². The molecule has 146 valence electrons. The van der Waals surface area contributed by atoms with Gasteiger partial charge in [0.05, 0.1) is 0 Å². The molecular formula is C21H27ClN2O3. The van der Waals surface area contributed by atoms with Crippen molar-refractivity contribution in [1.29, 1.82) is 0 Å². The molecule has 1 aliphatic heterocycles. The second-order valence-corrected chi connectivity index (χ2v) is 6.58. The number of rotatable bonds is 6. The van der Waals surface area contributed by atoms with Crippen LogP contribution in [0.2, 0.25) is 0 Å². The molecule has 1 amide bonds. The Bertz CT molecular complexity index is 726. The van der Waals surface area contributed by atoms with Crippen LogP contribution in [0.1, 0.15) is 19.4 Å². The van der Waals surface area contributed by atoms with Gasteiger partial charge in [-0.2, -0.15) is 0 Å². The van der Waals surface area contributed by atoms with Crippen LogP contribution in [0.3, 0.4) is 0 Å². The summed E-state index contributed by atoms with van der Waals surface area (Å²) in [6.45, 7) is 6.15. The predicted molar refractivity (Wildman–Crippen MR) is 109 cm³/mol. The molecule has 1 heterocycles. The smallest absolute Gasteiger partial charge is 0.260 e. The van der Waals surface area contributed by atoms with Gasteiger partial charge in [-0.15, -0.1) is 12.4 Å². The highest BCUT2D eigenvalue weighted by atomic mass is 35.5. The normalized spacial score (nSPS) is 19.1. The van der Waals surface area contributed by atoms with Gasteiger partial charge < -0.3 is 19.7 Å². The molecule has 3 rings (SSSR count). The van der Waals surface area contributed by atoms with Crippen LogP contribution in [0.5, 0.6) is 11.5 Å². The molecule has 0 bridgehead atoms. The number of nitrogens with one attached hydrogen (secondary N) is 1. The maximum absolute atomic E-state index is 12.6. The quantitative estimate of drug-likeness (QED) is 0.822. The molecular weight excluding hydrogens is 364 g/mol. The van der Waals surface area contributed by atoms with Crippen LogP contribution in [0.25, 0.3) is 0 Å². The van der Waals surface area contributed by atoms with Crippen LogP contribution in [-0.2, 0) is 11.4 Å².